The van der Waals surface area contributed by atoms with Crippen LogP contribution in [0.15, 0.2) is 0 Å². The number of nitrogens with one attached hydrogen (secondary N) is 2. The molecular formula is C12H20N2O2S2. The van der Waals surface area contributed by atoms with Gasteiger partial charge in [-0.05, 0) is 38.4 Å². The van der Waals surface area contributed by atoms with Gasteiger partial charge in [0, 0.05) is 17.1 Å². The van der Waals surface area contributed by atoms with E-state index in [9.17, 15) is 9.90 Å². The quantitative estimate of drug-likeness (QED) is 0.703. The molecule has 6 heteroatoms. The Hall–Kier alpha value is -0.720. The van der Waals surface area contributed by atoms with E-state index in [4.69, 9.17) is 12.2 Å². The average molecular weight is 288 g/mol. The van der Waals surface area contributed by atoms with Crippen LogP contribution in [0.3, 0.4) is 0 Å². The molecule has 1 rings (SSSR count). The second-order valence-electron chi connectivity index (χ2n) is 4.73. The van der Waals surface area contributed by atoms with Crippen molar-refractivity contribution in [1.82, 2.24) is 10.3 Å². The van der Waals surface area contributed by atoms with Gasteiger partial charge in [-0.1, -0.05) is 6.92 Å². The average Bonchev–Trinajstić information content (AvgIpc) is 2.53. The molecule has 0 saturated heterocycles. The van der Waals surface area contributed by atoms with E-state index in [1.54, 1.807) is 6.92 Å². The molecule has 1 aromatic rings. The Bertz CT molecular complexity index is 451. The molecule has 0 spiro atoms. The van der Waals surface area contributed by atoms with Crippen LogP contribution in [0.5, 0.6) is 0 Å². The summed E-state index contributed by atoms with van der Waals surface area (Å²) < 4.78 is 0.706. The van der Waals surface area contributed by atoms with Crippen molar-refractivity contribution in [3.63, 3.8) is 0 Å². The molecule has 1 aromatic heterocycles. The maximum Gasteiger partial charge on any atom is 0.225 e. The predicted octanol–water partition coefficient (Wildman–Crippen LogP) is 2.18. The number of aliphatic hydroxyl groups is 1. The summed E-state index contributed by atoms with van der Waals surface area (Å²) in [6.45, 7) is 6.29. The Balaban J connectivity index is 2.38. The Morgan fingerprint density at radius 2 is 2.22 bits per heavy atom. The van der Waals surface area contributed by atoms with Gasteiger partial charge in [0.15, 0.2) is 3.95 Å². The summed E-state index contributed by atoms with van der Waals surface area (Å²) in [5.41, 5.74) is 0.970. The fourth-order valence-corrected chi connectivity index (χ4v) is 3.06. The van der Waals surface area contributed by atoms with Crippen molar-refractivity contribution >= 4 is 29.5 Å². The van der Waals surface area contributed by atoms with Gasteiger partial charge < -0.3 is 15.4 Å². The molecular weight excluding hydrogens is 268 g/mol. The number of rotatable bonds is 6. The molecule has 4 nitrogen and oxygen atoms in total. The zero-order valence-electron chi connectivity index (χ0n) is 10.9. The molecule has 0 aliphatic heterocycles. The van der Waals surface area contributed by atoms with Crippen LogP contribution in [0, 0.1) is 16.8 Å². The molecule has 3 N–H and O–H groups in total. The minimum absolute atomic E-state index is 0.000734. The van der Waals surface area contributed by atoms with Gasteiger partial charge in [0.1, 0.15) is 0 Å². The monoisotopic (exact) mass is 288 g/mol. The molecule has 0 fully saturated rings. The lowest BCUT2D eigenvalue weighted by atomic mass is 10.0. The molecule has 1 amide bonds. The molecule has 1 heterocycles. The number of H-pyrrole nitrogens is 1. The highest BCUT2D eigenvalue weighted by molar-refractivity contribution is 7.73. The van der Waals surface area contributed by atoms with Crippen LogP contribution >= 0.6 is 23.6 Å². The third kappa shape index (κ3) is 5.29. The van der Waals surface area contributed by atoms with Crippen molar-refractivity contribution < 1.29 is 9.90 Å². The number of aliphatic hydroxyl groups excluding tert-OH is 1. The maximum absolute atomic E-state index is 11.7. The Morgan fingerprint density at radius 1 is 1.56 bits per heavy atom. The minimum Gasteiger partial charge on any atom is -0.393 e. The van der Waals surface area contributed by atoms with Crippen molar-refractivity contribution in [2.75, 3.05) is 6.54 Å². The number of hydrogen-bond donors (Lipinski definition) is 3. The van der Waals surface area contributed by atoms with Gasteiger partial charge in [0.2, 0.25) is 5.91 Å². The van der Waals surface area contributed by atoms with Crippen molar-refractivity contribution in [2.45, 2.75) is 39.7 Å². The number of hydrogen-bond acceptors (Lipinski definition) is 4. The van der Waals surface area contributed by atoms with E-state index in [1.807, 2.05) is 13.8 Å². The smallest absolute Gasteiger partial charge is 0.225 e. The first-order valence-corrected chi connectivity index (χ1v) is 7.24. The largest absolute Gasteiger partial charge is 0.393 e. The second kappa shape index (κ2) is 7.01. The lowest BCUT2D eigenvalue weighted by molar-refractivity contribution is -0.120. The van der Waals surface area contributed by atoms with E-state index in [1.165, 1.54) is 11.3 Å². The van der Waals surface area contributed by atoms with Crippen molar-refractivity contribution in [2.24, 2.45) is 5.92 Å². The van der Waals surface area contributed by atoms with Crippen molar-refractivity contribution in [3.05, 3.63) is 14.5 Å². The molecule has 0 bridgehead atoms. The number of aryl methyl sites for hydroxylation is 1. The van der Waals surface area contributed by atoms with Gasteiger partial charge in [-0.15, -0.1) is 11.3 Å². The normalized spacial score (nSPS) is 14.2. The summed E-state index contributed by atoms with van der Waals surface area (Å²) in [4.78, 5) is 15.8. The predicted molar refractivity (Wildman–Crippen MR) is 76.4 cm³/mol. The Labute approximate surface area is 116 Å². The van der Waals surface area contributed by atoms with Gasteiger partial charge in [-0.2, -0.15) is 0 Å². The first-order valence-electron chi connectivity index (χ1n) is 6.01. The van der Waals surface area contributed by atoms with Gasteiger partial charge >= 0.3 is 0 Å². The van der Waals surface area contributed by atoms with E-state index >= 15 is 0 Å². The summed E-state index contributed by atoms with van der Waals surface area (Å²) in [5, 5.41) is 12.1. The molecule has 2 atom stereocenters. The van der Waals surface area contributed by atoms with Gasteiger partial charge in [-0.25, -0.2) is 0 Å². The molecule has 0 radical (unpaired) electrons. The summed E-state index contributed by atoms with van der Waals surface area (Å²) in [5.74, 6) is 0.278. The fourth-order valence-electron chi connectivity index (χ4n) is 1.77. The van der Waals surface area contributed by atoms with Crippen LogP contribution in [0.25, 0.3) is 0 Å². The molecule has 2 unspecified atom stereocenters. The fraction of sp³-hybridized carbons (Fsp3) is 0.667. The summed E-state index contributed by atoms with van der Waals surface area (Å²) >= 11 is 6.48. The SMILES string of the molecule is Cc1[nH]c(=S)sc1CC(=O)NCC(C)CC(C)O. The lowest BCUT2D eigenvalue weighted by Gasteiger charge is -2.14. The van der Waals surface area contributed by atoms with Crippen LogP contribution in [0.2, 0.25) is 0 Å². The first-order chi connectivity index (χ1) is 8.38. The highest BCUT2D eigenvalue weighted by Crippen LogP contribution is 2.15. The standard InChI is InChI=1S/C12H20N2O2S2/c1-7(4-8(2)15)6-13-11(16)5-10-9(3)14-12(17)18-10/h7-8,15H,4-6H2,1-3H3,(H,13,16)(H,14,17). The number of amides is 1. The van der Waals surface area contributed by atoms with Crippen LogP contribution in [0.4, 0.5) is 0 Å². The number of carbonyl (C=O) groups is 1. The van der Waals surface area contributed by atoms with E-state index in [2.05, 4.69) is 10.3 Å². The summed E-state index contributed by atoms with van der Waals surface area (Å²) in [6.07, 6.45) is 0.738. The summed E-state index contributed by atoms with van der Waals surface area (Å²) in [6, 6.07) is 0. The zero-order valence-corrected chi connectivity index (χ0v) is 12.6. The highest BCUT2D eigenvalue weighted by atomic mass is 32.1. The molecule has 0 aromatic carbocycles. The molecule has 0 aliphatic carbocycles. The lowest BCUT2D eigenvalue weighted by Crippen LogP contribution is -2.30. The van der Waals surface area contributed by atoms with E-state index in [0.29, 0.717) is 23.3 Å². The molecule has 18 heavy (non-hydrogen) atoms. The number of aromatic nitrogens is 1. The van der Waals surface area contributed by atoms with Gasteiger partial charge in [0.25, 0.3) is 0 Å². The highest BCUT2D eigenvalue weighted by Gasteiger charge is 2.11. The third-order valence-corrected chi connectivity index (χ3v) is 3.97. The van der Waals surface area contributed by atoms with E-state index in [-0.39, 0.29) is 17.9 Å². The van der Waals surface area contributed by atoms with Gasteiger partial charge in [-0.3, -0.25) is 4.79 Å². The number of carbonyl (C=O) groups excluding carboxylic acids is 1. The zero-order chi connectivity index (χ0) is 13.7. The van der Waals surface area contributed by atoms with Crippen LogP contribution in [-0.2, 0) is 11.2 Å². The van der Waals surface area contributed by atoms with Crippen molar-refractivity contribution in [3.8, 4) is 0 Å². The second-order valence-corrected chi connectivity index (χ2v) is 6.51. The number of thiazole rings is 1. The first kappa shape index (κ1) is 15.3. The molecule has 102 valence electrons. The Morgan fingerprint density at radius 3 is 2.72 bits per heavy atom. The third-order valence-electron chi connectivity index (χ3n) is 2.64. The molecule has 0 saturated carbocycles. The van der Waals surface area contributed by atoms with E-state index < -0.39 is 0 Å². The number of aromatic amines is 1. The topological polar surface area (TPSA) is 65.1 Å². The maximum atomic E-state index is 11.7. The van der Waals surface area contributed by atoms with Crippen LogP contribution in [-0.4, -0.2) is 28.6 Å². The minimum atomic E-state index is -0.325. The Kier molecular flexibility index (Phi) is 5.98. The summed E-state index contributed by atoms with van der Waals surface area (Å²) in [7, 11) is 0. The van der Waals surface area contributed by atoms with Crippen LogP contribution in [0.1, 0.15) is 30.8 Å². The van der Waals surface area contributed by atoms with E-state index in [0.717, 1.165) is 10.6 Å². The van der Waals surface area contributed by atoms with Crippen LogP contribution < -0.4 is 5.32 Å². The van der Waals surface area contributed by atoms with Crippen molar-refractivity contribution in [1.29, 1.82) is 0 Å². The molecule has 0 aliphatic rings. The van der Waals surface area contributed by atoms with Gasteiger partial charge in [0.05, 0.1) is 12.5 Å².